The van der Waals surface area contributed by atoms with Crippen LogP contribution >= 0.6 is 11.6 Å². The van der Waals surface area contributed by atoms with Crippen LogP contribution in [0, 0.1) is 0 Å². The molecular formula is C19H14ClF3N8O2. The molecule has 14 heteroatoms. The van der Waals surface area contributed by atoms with Gasteiger partial charge < -0.3 is 15.4 Å². The van der Waals surface area contributed by atoms with Crippen molar-refractivity contribution in [3.05, 3.63) is 62.0 Å². The minimum atomic E-state index is -4.57. The summed E-state index contributed by atoms with van der Waals surface area (Å²) in [4.78, 5) is 28.9. The molecule has 10 nitrogen and oxygen atoms in total. The summed E-state index contributed by atoms with van der Waals surface area (Å²) < 4.78 is 40.2. The van der Waals surface area contributed by atoms with E-state index in [1.165, 1.54) is 16.8 Å². The number of aromatic nitrogens is 6. The third-order valence-corrected chi connectivity index (χ3v) is 5.08. The van der Waals surface area contributed by atoms with Crippen LogP contribution in [0.25, 0.3) is 11.7 Å². The number of hydrogen-bond acceptors (Lipinski definition) is 7. The van der Waals surface area contributed by atoms with E-state index in [0.717, 1.165) is 18.9 Å². The molecule has 0 aromatic carbocycles. The van der Waals surface area contributed by atoms with E-state index in [4.69, 9.17) is 11.6 Å². The smallest absolute Gasteiger partial charge is 0.417 e. The summed E-state index contributed by atoms with van der Waals surface area (Å²) in [6, 6.07) is 2.49. The lowest BCUT2D eigenvalue weighted by Gasteiger charge is -2.10. The number of hydrogen-bond donors (Lipinski definition) is 4. The highest BCUT2D eigenvalue weighted by Gasteiger charge is 2.31. The van der Waals surface area contributed by atoms with E-state index in [1.807, 2.05) is 0 Å². The van der Waals surface area contributed by atoms with E-state index >= 15 is 0 Å². The van der Waals surface area contributed by atoms with Gasteiger partial charge >= 0.3 is 11.9 Å². The molecule has 4 aromatic rings. The fourth-order valence-electron chi connectivity index (χ4n) is 3.07. The highest BCUT2D eigenvalue weighted by Crippen LogP contribution is 2.33. The van der Waals surface area contributed by atoms with Crippen LogP contribution in [-0.2, 0) is 6.18 Å². The van der Waals surface area contributed by atoms with Crippen molar-refractivity contribution in [3.8, 4) is 5.88 Å². The Labute approximate surface area is 186 Å². The van der Waals surface area contributed by atoms with E-state index in [-0.39, 0.29) is 34.3 Å². The monoisotopic (exact) mass is 478 g/mol. The Balaban J connectivity index is 1.63. The molecule has 0 aliphatic heterocycles. The molecule has 1 aliphatic carbocycles. The minimum Gasteiger partial charge on any atom is -0.493 e. The molecule has 1 aliphatic rings. The second-order valence-electron chi connectivity index (χ2n) is 7.36. The SMILES string of the molecule is O=c1[nH]c(O)c(/C=c2/cnn3c(=NC4CC4)cc(Nc4ncc(C(F)(F)F)cc4Cl)nc23)[nH]1. The summed E-state index contributed by atoms with van der Waals surface area (Å²) in [5.74, 6) is -0.146. The van der Waals surface area contributed by atoms with Crippen LogP contribution in [0.15, 0.2) is 34.3 Å². The molecule has 1 fully saturated rings. The van der Waals surface area contributed by atoms with Crippen molar-refractivity contribution in [1.82, 2.24) is 29.5 Å². The van der Waals surface area contributed by atoms with E-state index in [0.29, 0.717) is 22.6 Å². The summed E-state index contributed by atoms with van der Waals surface area (Å²) in [5.41, 5.74) is -0.650. The van der Waals surface area contributed by atoms with Gasteiger partial charge in [-0.3, -0.25) is 9.98 Å². The lowest BCUT2D eigenvalue weighted by Crippen LogP contribution is -2.20. The van der Waals surface area contributed by atoms with Gasteiger partial charge in [-0.1, -0.05) is 11.6 Å². The number of anilines is 2. The van der Waals surface area contributed by atoms with Crippen LogP contribution < -0.4 is 21.7 Å². The van der Waals surface area contributed by atoms with E-state index in [1.54, 1.807) is 6.07 Å². The van der Waals surface area contributed by atoms with Crippen molar-refractivity contribution < 1.29 is 18.3 Å². The van der Waals surface area contributed by atoms with Gasteiger partial charge in [0.25, 0.3) is 0 Å². The third-order valence-electron chi connectivity index (χ3n) is 4.79. The highest BCUT2D eigenvalue weighted by atomic mass is 35.5. The number of H-pyrrole nitrogens is 2. The summed E-state index contributed by atoms with van der Waals surface area (Å²) >= 11 is 6.01. The number of imidazole rings is 1. The normalized spacial score (nSPS) is 15.5. The molecule has 0 bridgehead atoms. The predicted molar refractivity (Wildman–Crippen MR) is 111 cm³/mol. The Morgan fingerprint density at radius 1 is 1.27 bits per heavy atom. The maximum Gasteiger partial charge on any atom is 0.417 e. The quantitative estimate of drug-likeness (QED) is 0.353. The molecule has 170 valence electrons. The van der Waals surface area contributed by atoms with Crippen molar-refractivity contribution in [3.63, 3.8) is 0 Å². The molecule has 4 aromatic heterocycles. The molecule has 4 N–H and O–H groups in total. The maximum atomic E-state index is 12.9. The zero-order chi connectivity index (χ0) is 23.3. The molecule has 0 unspecified atom stereocenters. The van der Waals surface area contributed by atoms with Crippen LogP contribution in [0.2, 0.25) is 5.02 Å². The number of aromatic amines is 2. The van der Waals surface area contributed by atoms with Crippen LogP contribution in [0.3, 0.4) is 0 Å². The van der Waals surface area contributed by atoms with Crippen LogP contribution in [0.5, 0.6) is 5.88 Å². The predicted octanol–water partition coefficient (Wildman–Crippen LogP) is 1.87. The minimum absolute atomic E-state index is 0.0171. The lowest BCUT2D eigenvalue weighted by atomic mass is 10.3. The molecule has 1 saturated carbocycles. The number of fused-ring (bicyclic) bond motifs is 1. The fraction of sp³-hybridized carbons (Fsp3) is 0.211. The molecule has 0 spiro atoms. The number of halogens is 4. The Bertz CT molecular complexity index is 1550. The Morgan fingerprint density at radius 3 is 2.70 bits per heavy atom. The van der Waals surface area contributed by atoms with Crippen molar-refractivity contribution >= 4 is 35.0 Å². The molecular weight excluding hydrogens is 465 g/mol. The number of nitrogens with zero attached hydrogens (tertiary/aromatic N) is 5. The van der Waals surface area contributed by atoms with Gasteiger partial charge in [0, 0.05) is 17.5 Å². The average Bonchev–Trinajstić information content (AvgIpc) is 3.37. The average molecular weight is 479 g/mol. The number of nitrogens with one attached hydrogen (secondary N) is 3. The number of pyridine rings is 1. The van der Waals surface area contributed by atoms with Crippen molar-refractivity contribution in [2.45, 2.75) is 25.1 Å². The van der Waals surface area contributed by atoms with Crippen LogP contribution in [0.4, 0.5) is 24.8 Å². The summed E-state index contributed by atoms with van der Waals surface area (Å²) in [6.45, 7) is 0. The molecule has 5 rings (SSSR count). The summed E-state index contributed by atoms with van der Waals surface area (Å²) in [7, 11) is 0. The largest absolute Gasteiger partial charge is 0.493 e. The van der Waals surface area contributed by atoms with Crippen molar-refractivity contribution in [2.75, 3.05) is 5.32 Å². The summed E-state index contributed by atoms with van der Waals surface area (Å²) in [6.07, 6.45) is 0.902. The molecule has 33 heavy (non-hydrogen) atoms. The van der Waals surface area contributed by atoms with Gasteiger partial charge in [-0.05, 0) is 25.0 Å². The second-order valence-corrected chi connectivity index (χ2v) is 7.77. The van der Waals surface area contributed by atoms with Crippen LogP contribution in [-0.4, -0.2) is 40.7 Å². The van der Waals surface area contributed by atoms with Crippen molar-refractivity contribution in [1.29, 1.82) is 0 Å². The standard InChI is InChI=1S/C19H14ClF3N8O2/c20-11-4-9(19(21,22)23)7-24-15(11)28-13-5-14(26-10-1-2-10)31-16(29-13)8(6-25-31)3-12-17(32)30-18(33)27-12/h3-7,10,32H,1-2H2,(H,24,28)(H2,27,30,33)/b8-3-,26-14?. The van der Waals surface area contributed by atoms with Gasteiger partial charge in [0.05, 0.1) is 22.8 Å². The number of aromatic hydroxyl groups is 1. The lowest BCUT2D eigenvalue weighted by molar-refractivity contribution is -0.137. The maximum absolute atomic E-state index is 12.9. The molecule has 0 radical (unpaired) electrons. The zero-order valence-electron chi connectivity index (χ0n) is 16.5. The zero-order valence-corrected chi connectivity index (χ0v) is 17.2. The third kappa shape index (κ3) is 4.26. The molecule has 0 atom stereocenters. The fourth-order valence-corrected chi connectivity index (χ4v) is 3.28. The number of alkyl halides is 3. The number of rotatable bonds is 4. The highest BCUT2D eigenvalue weighted by molar-refractivity contribution is 6.33. The van der Waals surface area contributed by atoms with Gasteiger partial charge in [-0.25, -0.2) is 14.8 Å². The van der Waals surface area contributed by atoms with Crippen molar-refractivity contribution in [2.24, 2.45) is 4.99 Å². The Hall–Kier alpha value is -3.87. The second kappa shape index (κ2) is 7.62. The molecule has 0 amide bonds. The van der Waals surface area contributed by atoms with E-state index in [9.17, 15) is 23.1 Å². The van der Waals surface area contributed by atoms with Crippen LogP contribution in [0.1, 0.15) is 24.1 Å². The van der Waals surface area contributed by atoms with Gasteiger partial charge in [-0.15, -0.1) is 0 Å². The first-order valence-electron chi connectivity index (χ1n) is 9.63. The first-order chi connectivity index (χ1) is 15.7. The van der Waals surface area contributed by atoms with E-state index < -0.39 is 17.4 Å². The Morgan fingerprint density at radius 2 is 2.06 bits per heavy atom. The Kier molecular flexibility index (Phi) is 4.85. The topological polar surface area (TPSA) is 136 Å². The molecule has 4 heterocycles. The van der Waals surface area contributed by atoms with Gasteiger partial charge in [-0.2, -0.15) is 22.8 Å². The molecule has 0 saturated heterocycles. The first-order valence-corrected chi connectivity index (χ1v) is 10.0. The first kappa shape index (κ1) is 21.0. The summed E-state index contributed by atoms with van der Waals surface area (Å²) in [5, 5.41) is 17.2. The van der Waals surface area contributed by atoms with Gasteiger partial charge in [0.1, 0.15) is 17.3 Å². The van der Waals surface area contributed by atoms with E-state index in [2.05, 4.69) is 35.3 Å². The van der Waals surface area contributed by atoms with Gasteiger partial charge in [0.15, 0.2) is 11.1 Å². The van der Waals surface area contributed by atoms with Gasteiger partial charge in [0.2, 0.25) is 5.88 Å².